The zero-order chi connectivity index (χ0) is 19.6. The van der Waals surface area contributed by atoms with Crippen molar-refractivity contribution in [1.82, 2.24) is 9.21 Å². The lowest BCUT2D eigenvalue weighted by Crippen LogP contribution is -2.52. The molecule has 2 aliphatic rings. The highest BCUT2D eigenvalue weighted by Gasteiger charge is 2.34. The van der Waals surface area contributed by atoms with E-state index in [-0.39, 0.29) is 36.6 Å². The molecule has 27 heavy (non-hydrogen) atoms. The summed E-state index contributed by atoms with van der Waals surface area (Å²) in [6, 6.07) is 8.08. The fourth-order valence-corrected chi connectivity index (χ4v) is 4.44. The number of carbonyl (C=O) groups excluding carboxylic acids is 2. The Bertz CT molecular complexity index is 926. The van der Waals surface area contributed by atoms with Crippen LogP contribution in [0.2, 0.25) is 0 Å². The normalized spacial score (nSPS) is 21.1. The van der Waals surface area contributed by atoms with Gasteiger partial charge in [-0.25, -0.2) is 8.42 Å². The standard InChI is InChI=1S/C19H20N2O5S/c1-14-6-5-9-16(17(14)22)18(23)19(24)20-10-12-21(13-11-20)27(25,26)15-7-3-2-4-8-15/h2-9,17,22H,1,10-13H2. The van der Waals surface area contributed by atoms with Gasteiger partial charge in [0.05, 0.1) is 4.90 Å². The van der Waals surface area contributed by atoms with Crippen LogP contribution in [-0.2, 0) is 19.6 Å². The minimum Gasteiger partial charge on any atom is -0.384 e. The van der Waals surface area contributed by atoms with E-state index in [2.05, 4.69) is 6.58 Å². The molecule has 0 bridgehead atoms. The average molecular weight is 388 g/mol. The molecule has 1 N–H and O–H groups in total. The minimum atomic E-state index is -3.63. The number of allylic oxidation sites excluding steroid dienone is 2. The van der Waals surface area contributed by atoms with Crippen LogP contribution < -0.4 is 0 Å². The predicted octanol–water partition coefficient (Wildman–Crippen LogP) is 0.502. The number of amides is 1. The number of ketones is 1. The highest BCUT2D eigenvalue weighted by Crippen LogP contribution is 2.21. The van der Waals surface area contributed by atoms with Gasteiger partial charge < -0.3 is 10.0 Å². The highest BCUT2D eigenvalue weighted by molar-refractivity contribution is 7.89. The van der Waals surface area contributed by atoms with E-state index in [1.54, 1.807) is 30.4 Å². The first-order valence-corrected chi connectivity index (χ1v) is 9.90. The fourth-order valence-electron chi connectivity index (χ4n) is 3.00. The van der Waals surface area contributed by atoms with Crippen LogP contribution in [-0.4, -0.2) is 66.7 Å². The van der Waals surface area contributed by atoms with Crippen LogP contribution in [0.25, 0.3) is 0 Å². The Hall–Kier alpha value is -2.55. The number of hydrogen-bond donors (Lipinski definition) is 1. The van der Waals surface area contributed by atoms with Crippen LogP contribution in [0.1, 0.15) is 0 Å². The molecule has 8 heteroatoms. The third kappa shape index (κ3) is 3.78. The maximum absolute atomic E-state index is 12.6. The van der Waals surface area contributed by atoms with Crippen molar-refractivity contribution in [2.45, 2.75) is 11.0 Å². The molecular weight excluding hydrogens is 368 g/mol. The molecule has 1 aliphatic heterocycles. The molecule has 1 aromatic carbocycles. The van der Waals surface area contributed by atoms with E-state index in [1.807, 2.05) is 0 Å². The van der Waals surface area contributed by atoms with Gasteiger partial charge in [0.25, 0.3) is 5.91 Å². The highest BCUT2D eigenvalue weighted by atomic mass is 32.2. The molecule has 1 unspecified atom stereocenters. The van der Waals surface area contributed by atoms with Crippen molar-refractivity contribution in [2.24, 2.45) is 0 Å². The first kappa shape index (κ1) is 19.2. The molecular formula is C19H20N2O5S. The second-order valence-electron chi connectivity index (χ2n) is 6.30. The lowest BCUT2D eigenvalue weighted by atomic mass is 9.94. The van der Waals surface area contributed by atoms with Crippen molar-refractivity contribution < 1.29 is 23.1 Å². The molecule has 1 aromatic rings. The summed E-state index contributed by atoms with van der Waals surface area (Å²) in [5.41, 5.74) is 0.319. The summed E-state index contributed by atoms with van der Waals surface area (Å²) in [5.74, 6) is -1.55. The molecule has 1 atom stereocenters. The third-order valence-electron chi connectivity index (χ3n) is 4.60. The lowest BCUT2D eigenvalue weighted by molar-refractivity contribution is -0.144. The Morgan fingerprint density at radius 2 is 1.70 bits per heavy atom. The van der Waals surface area contributed by atoms with Gasteiger partial charge >= 0.3 is 0 Å². The molecule has 142 valence electrons. The summed E-state index contributed by atoms with van der Waals surface area (Å²) < 4.78 is 26.5. The van der Waals surface area contributed by atoms with E-state index in [9.17, 15) is 23.1 Å². The second kappa shape index (κ2) is 7.59. The van der Waals surface area contributed by atoms with Gasteiger partial charge in [0.1, 0.15) is 6.10 Å². The summed E-state index contributed by atoms with van der Waals surface area (Å²) in [6.07, 6.45) is 3.32. The SMILES string of the molecule is C=C1C=CC=C(C(=O)C(=O)N2CCN(S(=O)(=O)c3ccccc3)CC2)C1O. The van der Waals surface area contributed by atoms with Gasteiger partial charge in [-0.1, -0.05) is 43.0 Å². The monoisotopic (exact) mass is 388 g/mol. The number of piperazine rings is 1. The second-order valence-corrected chi connectivity index (χ2v) is 8.23. The van der Waals surface area contributed by atoms with Gasteiger partial charge in [0.2, 0.25) is 15.8 Å². The number of sulfonamides is 1. The zero-order valence-electron chi connectivity index (χ0n) is 14.6. The van der Waals surface area contributed by atoms with E-state index in [0.717, 1.165) is 0 Å². The number of aliphatic hydroxyl groups excluding tert-OH is 1. The summed E-state index contributed by atoms with van der Waals surface area (Å²) >= 11 is 0. The fraction of sp³-hybridized carbons (Fsp3) is 0.263. The van der Waals surface area contributed by atoms with Crippen LogP contribution >= 0.6 is 0 Å². The molecule has 3 rings (SSSR count). The molecule has 1 amide bonds. The quantitative estimate of drug-likeness (QED) is 0.758. The number of nitrogens with zero attached hydrogens (tertiary/aromatic N) is 2. The Labute approximate surface area is 157 Å². The number of benzene rings is 1. The van der Waals surface area contributed by atoms with Crippen molar-refractivity contribution in [1.29, 1.82) is 0 Å². The Kier molecular flexibility index (Phi) is 5.41. The van der Waals surface area contributed by atoms with Gasteiger partial charge in [-0.3, -0.25) is 9.59 Å². The number of Topliss-reactive ketones (excluding diaryl/α,β-unsaturated/α-hetero) is 1. The Morgan fingerprint density at radius 3 is 2.33 bits per heavy atom. The van der Waals surface area contributed by atoms with Crippen molar-refractivity contribution in [3.63, 3.8) is 0 Å². The summed E-state index contributed by atoms with van der Waals surface area (Å²) in [6.45, 7) is 4.06. The van der Waals surface area contributed by atoms with Gasteiger partial charge in [-0.05, 0) is 17.7 Å². The maximum Gasteiger partial charge on any atom is 0.294 e. The van der Waals surface area contributed by atoms with Crippen molar-refractivity contribution in [3.8, 4) is 0 Å². The van der Waals surface area contributed by atoms with E-state index >= 15 is 0 Å². The van der Waals surface area contributed by atoms with Gasteiger partial charge in [-0.15, -0.1) is 0 Å². The molecule has 7 nitrogen and oxygen atoms in total. The van der Waals surface area contributed by atoms with Crippen molar-refractivity contribution in [3.05, 3.63) is 66.3 Å². The number of hydrogen-bond acceptors (Lipinski definition) is 5. The molecule has 0 spiro atoms. The van der Waals surface area contributed by atoms with Crippen molar-refractivity contribution in [2.75, 3.05) is 26.2 Å². The van der Waals surface area contributed by atoms with Gasteiger partial charge in [-0.2, -0.15) is 4.31 Å². The lowest BCUT2D eigenvalue weighted by Gasteiger charge is -2.34. The number of aliphatic hydroxyl groups is 1. The Morgan fingerprint density at radius 1 is 1.07 bits per heavy atom. The van der Waals surface area contributed by atoms with Crippen LogP contribution in [0.5, 0.6) is 0 Å². The topological polar surface area (TPSA) is 95.0 Å². The van der Waals surface area contributed by atoms with E-state index in [0.29, 0.717) is 5.57 Å². The maximum atomic E-state index is 12.6. The third-order valence-corrected chi connectivity index (χ3v) is 6.51. The number of carbonyl (C=O) groups is 2. The van der Waals surface area contributed by atoms with Crippen LogP contribution in [0.15, 0.2) is 71.2 Å². The van der Waals surface area contributed by atoms with Gasteiger partial charge in [0.15, 0.2) is 0 Å². The average Bonchev–Trinajstić information content (AvgIpc) is 2.70. The molecule has 1 saturated heterocycles. The van der Waals surface area contributed by atoms with E-state index < -0.39 is 27.8 Å². The number of rotatable bonds is 4. The summed E-state index contributed by atoms with van der Waals surface area (Å²) in [4.78, 5) is 26.4. The van der Waals surface area contributed by atoms with E-state index in [4.69, 9.17) is 0 Å². The minimum absolute atomic E-state index is 0.0214. The smallest absolute Gasteiger partial charge is 0.294 e. The molecule has 0 aromatic heterocycles. The molecule has 1 heterocycles. The zero-order valence-corrected chi connectivity index (χ0v) is 15.4. The van der Waals surface area contributed by atoms with Crippen molar-refractivity contribution >= 4 is 21.7 Å². The molecule has 0 saturated carbocycles. The Balaban J connectivity index is 1.66. The van der Waals surface area contributed by atoms with Crippen LogP contribution in [0.3, 0.4) is 0 Å². The first-order chi connectivity index (χ1) is 12.8. The largest absolute Gasteiger partial charge is 0.384 e. The molecule has 1 fully saturated rings. The summed E-state index contributed by atoms with van der Waals surface area (Å²) in [5, 5.41) is 10.0. The summed E-state index contributed by atoms with van der Waals surface area (Å²) in [7, 11) is -3.63. The molecule has 0 radical (unpaired) electrons. The van der Waals surface area contributed by atoms with Crippen LogP contribution in [0, 0.1) is 0 Å². The van der Waals surface area contributed by atoms with Crippen LogP contribution in [0.4, 0.5) is 0 Å². The predicted molar refractivity (Wildman–Crippen MR) is 99.2 cm³/mol. The van der Waals surface area contributed by atoms with E-state index in [1.165, 1.54) is 27.4 Å². The first-order valence-electron chi connectivity index (χ1n) is 8.46. The van der Waals surface area contributed by atoms with Gasteiger partial charge in [0, 0.05) is 31.8 Å². The molecule has 1 aliphatic carbocycles.